The Bertz CT molecular complexity index is 1340. The van der Waals surface area contributed by atoms with Gasteiger partial charge in [0.1, 0.15) is 12.4 Å². The molecule has 5 nitrogen and oxygen atoms in total. The number of rotatable bonds is 5. The summed E-state index contributed by atoms with van der Waals surface area (Å²) in [6.07, 6.45) is -9.09. The quantitative estimate of drug-likeness (QED) is 0.351. The lowest BCUT2D eigenvalue weighted by Gasteiger charge is -2.41. The Balaban J connectivity index is 1.35. The molecular formula is C26H25F8N3O2. The molecule has 1 saturated heterocycles. The lowest BCUT2D eigenvalue weighted by Crippen LogP contribution is -2.53. The Morgan fingerprint density at radius 1 is 1.00 bits per heavy atom. The highest BCUT2D eigenvalue weighted by Gasteiger charge is 2.47. The number of fused-ring (bicyclic) bond motifs is 1. The van der Waals surface area contributed by atoms with Crippen LogP contribution < -0.4 is 10.1 Å². The van der Waals surface area contributed by atoms with Crippen molar-refractivity contribution in [2.75, 3.05) is 6.61 Å². The van der Waals surface area contributed by atoms with E-state index in [1.165, 1.54) is 18.2 Å². The van der Waals surface area contributed by atoms with Crippen LogP contribution in [0.4, 0.5) is 35.1 Å². The van der Waals surface area contributed by atoms with Gasteiger partial charge in [0.25, 0.3) is 5.92 Å². The summed E-state index contributed by atoms with van der Waals surface area (Å²) in [5.74, 6) is -3.06. The van der Waals surface area contributed by atoms with Gasteiger partial charge in [-0.1, -0.05) is 12.1 Å². The fourth-order valence-electron chi connectivity index (χ4n) is 5.57. The number of nitrogens with one attached hydrogen (secondary N) is 1. The number of hydrogen-bond acceptors (Lipinski definition) is 4. The summed E-state index contributed by atoms with van der Waals surface area (Å²) >= 11 is 0. The monoisotopic (exact) mass is 563 g/mol. The summed E-state index contributed by atoms with van der Waals surface area (Å²) in [6, 6.07) is 4.70. The van der Waals surface area contributed by atoms with E-state index in [4.69, 9.17) is 4.74 Å². The number of aliphatic hydroxyl groups is 1. The van der Waals surface area contributed by atoms with Crippen LogP contribution in [0.25, 0.3) is 11.0 Å². The van der Waals surface area contributed by atoms with E-state index in [2.05, 4.69) is 10.3 Å². The van der Waals surface area contributed by atoms with Crippen molar-refractivity contribution in [3.8, 4) is 5.75 Å². The van der Waals surface area contributed by atoms with Gasteiger partial charge in [-0.3, -0.25) is 0 Å². The molecule has 1 aliphatic heterocycles. The second-order valence-electron chi connectivity index (χ2n) is 10.5. The van der Waals surface area contributed by atoms with E-state index >= 15 is 0 Å². The molecule has 2 N–H and O–H groups in total. The minimum absolute atomic E-state index is 0.0432. The number of ether oxygens (including phenoxy) is 1. The van der Waals surface area contributed by atoms with E-state index in [1.807, 2.05) is 0 Å². The SMILES string of the molecule is CC1CC(O)(c2ccc(C(F)(F)F)cc2)CC(COc2cc(C(F)(F)F)c3c(c2)ncn3C2CC(F)(F)C2)N1. The summed E-state index contributed by atoms with van der Waals surface area (Å²) < 4.78 is 114. The third-order valence-electron chi connectivity index (χ3n) is 7.36. The van der Waals surface area contributed by atoms with Crippen molar-refractivity contribution in [1.82, 2.24) is 14.9 Å². The van der Waals surface area contributed by atoms with Crippen LogP contribution in [0.1, 0.15) is 55.3 Å². The third kappa shape index (κ3) is 5.56. The molecule has 39 heavy (non-hydrogen) atoms. The number of nitrogens with zero attached hydrogens (tertiary/aromatic N) is 2. The first-order valence-electron chi connectivity index (χ1n) is 12.3. The maximum atomic E-state index is 14.0. The zero-order chi connectivity index (χ0) is 28.4. The largest absolute Gasteiger partial charge is 0.492 e. The first kappa shape index (κ1) is 27.6. The average Bonchev–Trinajstić information content (AvgIpc) is 3.22. The van der Waals surface area contributed by atoms with Gasteiger partial charge >= 0.3 is 12.4 Å². The van der Waals surface area contributed by atoms with Crippen LogP contribution in [0.5, 0.6) is 5.75 Å². The van der Waals surface area contributed by atoms with Gasteiger partial charge in [-0.25, -0.2) is 13.8 Å². The molecule has 1 aliphatic carbocycles. The van der Waals surface area contributed by atoms with Crippen molar-refractivity contribution in [3.63, 3.8) is 0 Å². The summed E-state index contributed by atoms with van der Waals surface area (Å²) in [7, 11) is 0. The lowest BCUT2D eigenvalue weighted by atomic mass is 9.79. The highest BCUT2D eigenvalue weighted by Crippen LogP contribution is 2.48. The Morgan fingerprint density at radius 3 is 2.26 bits per heavy atom. The van der Waals surface area contributed by atoms with Gasteiger partial charge in [0.05, 0.1) is 34.1 Å². The van der Waals surface area contributed by atoms with E-state index in [-0.39, 0.29) is 42.3 Å². The molecule has 0 amide bonds. The van der Waals surface area contributed by atoms with Crippen molar-refractivity contribution in [2.24, 2.45) is 0 Å². The van der Waals surface area contributed by atoms with E-state index in [0.29, 0.717) is 5.56 Å². The maximum Gasteiger partial charge on any atom is 0.418 e. The van der Waals surface area contributed by atoms with Crippen LogP contribution in [0, 0.1) is 0 Å². The van der Waals surface area contributed by atoms with Gasteiger partial charge in [0, 0.05) is 37.0 Å². The molecule has 2 aromatic carbocycles. The predicted molar refractivity (Wildman–Crippen MR) is 124 cm³/mol. The minimum Gasteiger partial charge on any atom is -0.492 e. The van der Waals surface area contributed by atoms with Crippen LogP contribution in [0.15, 0.2) is 42.7 Å². The van der Waals surface area contributed by atoms with Crippen molar-refractivity contribution in [3.05, 3.63) is 59.4 Å². The third-order valence-corrected chi connectivity index (χ3v) is 7.36. The van der Waals surface area contributed by atoms with Crippen molar-refractivity contribution in [1.29, 1.82) is 0 Å². The molecule has 212 valence electrons. The van der Waals surface area contributed by atoms with Crippen molar-refractivity contribution in [2.45, 2.75) is 74.6 Å². The van der Waals surface area contributed by atoms with Crippen LogP contribution in [0.3, 0.4) is 0 Å². The van der Waals surface area contributed by atoms with Gasteiger partial charge < -0.3 is 19.7 Å². The summed E-state index contributed by atoms with van der Waals surface area (Å²) in [4.78, 5) is 4.00. The van der Waals surface area contributed by atoms with E-state index in [1.54, 1.807) is 6.92 Å². The van der Waals surface area contributed by atoms with Crippen LogP contribution >= 0.6 is 0 Å². The van der Waals surface area contributed by atoms with Gasteiger partial charge in [0.15, 0.2) is 0 Å². The first-order valence-corrected chi connectivity index (χ1v) is 12.3. The van der Waals surface area contributed by atoms with Crippen molar-refractivity contribution >= 4 is 11.0 Å². The van der Waals surface area contributed by atoms with Gasteiger partial charge in [-0.05, 0) is 43.5 Å². The molecule has 1 saturated carbocycles. The molecule has 3 unspecified atom stereocenters. The van der Waals surface area contributed by atoms with Gasteiger partial charge in [0.2, 0.25) is 0 Å². The molecule has 13 heteroatoms. The number of aromatic nitrogens is 2. The number of hydrogen-bond donors (Lipinski definition) is 2. The second kappa shape index (κ2) is 9.33. The van der Waals surface area contributed by atoms with Crippen molar-refractivity contribution < 1.29 is 45.0 Å². The number of piperidine rings is 1. The highest BCUT2D eigenvalue weighted by molar-refractivity contribution is 5.82. The van der Waals surface area contributed by atoms with Crippen LogP contribution in [0.2, 0.25) is 0 Å². The zero-order valence-electron chi connectivity index (χ0n) is 20.6. The molecule has 2 aliphatic rings. The molecule has 0 bridgehead atoms. The van der Waals surface area contributed by atoms with E-state index < -0.39 is 59.9 Å². The molecular weight excluding hydrogens is 538 g/mol. The Labute approximate surface area is 217 Å². The molecule has 1 aromatic heterocycles. The normalized spacial score (nSPS) is 26.0. The molecule has 2 heterocycles. The molecule has 5 rings (SSSR count). The zero-order valence-corrected chi connectivity index (χ0v) is 20.6. The molecule has 0 spiro atoms. The Kier molecular flexibility index (Phi) is 6.61. The Morgan fingerprint density at radius 2 is 1.67 bits per heavy atom. The summed E-state index contributed by atoms with van der Waals surface area (Å²) in [5, 5.41) is 14.5. The minimum atomic E-state index is -4.80. The smallest absolute Gasteiger partial charge is 0.418 e. The second-order valence-corrected chi connectivity index (χ2v) is 10.5. The average molecular weight is 563 g/mol. The lowest BCUT2D eigenvalue weighted by molar-refractivity contribution is -0.138. The molecule has 3 atom stereocenters. The predicted octanol–water partition coefficient (Wildman–Crippen LogP) is 6.45. The van der Waals surface area contributed by atoms with E-state index in [9.17, 15) is 40.2 Å². The highest BCUT2D eigenvalue weighted by atomic mass is 19.4. The standard InChI is InChI=1S/C26H25F8N3O2/c1-14-8-23(38,15-2-4-16(5-3-15)25(29,30)31)9-17(36-14)12-39-19-6-20(26(32,33)34)22-21(7-19)35-13-37(22)18-10-24(27,28)11-18/h2-7,13-14,17-18,36,38H,8-12H2,1H3. The number of benzene rings is 2. The fourth-order valence-corrected chi connectivity index (χ4v) is 5.57. The molecule has 0 radical (unpaired) electrons. The Hall–Kier alpha value is -2.93. The first-order chi connectivity index (χ1) is 18.0. The fraction of sp³-hybridized carbons (Fsp3) is 0.500. The van der Waals surface area contributed by atoms with E-state index in [0.717, 1.165) is 29.1 Å². The van der Waals surface area contributed by atoms with Crippen LogP contribution in [-0.4, -0.2) is 39.3 Å². The maximum absolute atomic E-state index is 14.0. The summed E-state index contributed by atoms with van der Waals surface area (Å²) in [6.45, 7) is 1.62. The number of imidazole rings is 1. The molecule has 2 fully saturated rings. The summed E-state index contributed by atoms with van der Waals surface area (Å²) in [5.41, 5.74) is -3.44. The van der Waals surface area contributed by atoms with Gasteiger partial charge in [-0.2, -0.15) is 26.3 Å². The number of halogens is 8. The van der Waals surface area contributed by atoms with Gasteiger partial charge in [-0.15, -0.1) is 0 Å². The topological polar surface area (TPSA) is 59.3 Å². The number of alkyl halides is 8. The van der Waals surface area contributed by atoms with Crippen LogP contribution in [-0.2, 0) is 18.0 Å². The molecule has 3 aromatic rings.